The highest BCUT2D eigenvalue weighted by Gasteiger charge is 2.44. The van der Waals surface area contributed by atoms with Crippen molar-refractivity contribution in [1.82, 2.24) is 0 Å². The first-order valence-corrected chi connectivity index (χ1v) is 6.22. The lowest BCUT2D eigenvalue weighted by molar-refractivity contribution is -0.153. The molecule has 18 heavy (non-hydrogen) atoms. The summed E-state index contributed by atoms with van der Waals surface area (Å²) in [6.07, 6.45) is 0. The molecule has 1 fully saturated rings. The largest absolute Gasteiger partial charge is 0.379 e. The van der Waals surface area contributed by atoms with Gasteiger partial charge in [-0.2, -0.15) is 0 Å². The van der Waals surface area contributed by atoms with Crippen LogP contribution in [-0.2, 0) is 9.53 Å². The number of carbonyl (C=O) groups is 1. The van der Waals surface area contributed by atoms with Gasteiger partial charge in [-0.05, 0) is 31.0 Å². The lowest BCUT2D eigenvalue weighted by atomic mass is 9.85. The van der Waals surface area contributed by atoms with Gasteiger partial charge in [-0.25, -0.2) is 0 Å². The van der Waals surface area contributed by atoms with Crippen molar-refractivity contribution in [1.29, 1.82) is 0 Å². The van der Waals surface area contributed by atoms with Crippen molar-refractivity contribution in [3.05, 3.63) is 28.3 Å². The van der Waals surface area contributed by atoms with Gasteiger partial charge in [0.15, 0.2) is 0 Å². The average Bonchev–Trinajstić information content (AvgIpc) is 2.22. The maximum absolute atomic E-state index is 12.2. The Kier molecular flexibility index (Phi) is 3.61. The van der Waals surface area contributed by atoms with E-state index < -0.39 is 5.41 Å². The van der Waals surface area contributed by atoms with Crippen molar-refractivity contribution in [3.8, 4) is 0 Å². The molecule has 0 unspecified atom stereocenters. The summed E-state index contributed by atoms with van der Waals surface area (Å²) in [5.74, 6) is -0.120. The van der Waals surface area contributed by atoms with Crippen molar-refractivity contribution in [3.63, 3.8) is 0 Å². The number of nitrogens with one attached hydrogen (secondary N) is 1. The molecule has 2 rings (SSSR count). The Morgan fingerprint density at radius 2 is 2.17 bits per heavy atom. The number of halogens is 1. The summed E-state index contributed by atoms with van der Waals surface area (Å²) in [5.41, 5.74) is 7.72. The first kappa shape index (κ1) is 13.3. The first-order valence-electron chi connectivity index (χ1n) is 5.84. The van der Waals surface area contributed by atoms with Gasteiger partial charge in [-0.1, -0.05) is 17.7 Å². The molecular weight excluding hydrogens is 252 g/mol. The van der Waals surface area contributed by atoms with Crippen LogP contribution >= 0.6 is 11.6 Å². The van der Waals surface area contributed by atoms with Crippen molar-refractivity contribution in [2.75, 3.05) is 25.1 Å². The van der Waals surface area contributed by atoms with Crippen molar-refractivity contribution >= 4 is 23.2 Å². The molecule has 0 saturated carbocycles. The highest BCUT2D eigenvalue weighted by atomic mass is 35.5. The van der Waals surface area contributed by atoms with E-state index in [1.807, 2.05) is 26.0 Å². The smallest absolute Gasteiger partial charge is 0.236 e. The van der Waals surface area contributed by atoms with E-state index in [9.17, 15) is 4.79 Å². The van der Waals surface area contributed by atoms with Gasteiger partial charge in [0.1, 0.15) is 5.41 Å². The van der Waals surface area contributed by atoms with Gasteiger partial charge in [0, 0.05) is 6.54 Å². The van der Waals surface area contributed by atoms with E-state index in [2.05, 4.69) is 5.32 Å². The fourth-order valence-electron chi connectivity index (χ4n) is 2.01. The second-order valence-electron chi connectivity index (χ2n) is 4.87. The third kappa shape index (κ3) is 2.23. The molecule has 4 nitrogen and oxygen atoms in total. The first-order chi connectivity index (χ1) is 8.48. The summed E-state index contributed by atoms with van der Waals surface area (Å²) in [4.78, 5) is 12.2. The van der Waals surface area contributed by atoms with Crippen LogP contribution in [0.2, 0.25) is 5.02 Å². The molecule has 5 heteroatoms. The second-order valence-corrected chi connectivity index (χ2v) is 5.28. The average molecular weight is 269 g/mol. The number of amides is 1. The molecule has 1 heterocycles. The Labute approximate surface area is 111 Å². The Hall–Kier alpha value is -1.10. The van der Waals surface area contributed by atoms with Gasteiger partial charge in [-0.15, -0.1) is 0 Å². The summed E-state index contributed by atoms with van der Waals surface area (Å²) in [5, 5.41) is 3.42. The zero-order valence-electron chi connectivity index (χ0n) is 10.5. The molecule has 1 aliphatic rings. The van der Waals surface area contributed by atoms with Crippen LogP contribution in [-0.4, -0.2) is 25.7 Å². The third-order valence-corrected chi connectivity index (χ3v) is 3.60. The van der Waals surface area contributed by atoms with Crippen LogP contribution in [0.25, 0.3) is 0 Å². The summed E-state index contributed by atoms with van der Waals surface area (Å²) in [6.45, 7) is 4.91. The minimum Gasteiger partial charge on any atom is -0.379 e. The molecule has 1 amide bonds. The van der Waals surface area contributed by atoms with Gasteiger partial charge in [0.25, 0.3) is 0 Å². The molecule has 3 N–H and O–H groups in total. The lowest BCUT2D eigenvalue weighted by Crippen LogP contribution is -2.56. The van der Waals surface area contributed by atoms with Gasteiger partial charge >= 0.3 is 0 Å². The number of aryl methyl sites for hydroxylation is 2. The van der Waals surface area contributed by atoms with Gasteiger partial charge in [-0.3, -0.25) is 4.79 Å². The Morgan fingerprint density at radius 1 is 1.50 bits per heavy atom. The number of anilines is 1. The maximum Gasteiger partial charge on any atom is 0.236 e. The predicted molar refractivity (Wildman–Crippen MR) is 71.9 cm³/mol. The van der Waals surface area contributed by atoms with E-state index in [4.69, 9.17) is 22.1 Å². The zero-order chi connectivity index (χ0) is 13.3. The molecule has 0 radical (unpaired) electrons. The SMILES string of the molecule is Cc1cc(C)c(NC(=O)C2(CN)COC2)c(Cl)c1. The Balaban J connectivity index is 2.22. The Morgan fingerprint density at radius 3 is 2.61 bits per heavy atom. The van der Waals surface area contributed by atoms with Crippen LogP contribution in [0.15, 0.2) is 12.1 Å². The summed E-state index contributed by atoms with van der Waals surface area (Å²) in [6, 6.07) is 3.81. The fraction of sp³-hybridized carbons (Fsp3) is 0.462. The predicted octanol–water partition coefficient (Wildman–Crippen LogP) is 1.87. The number of hydrogen-bond donors (Lipinski definition) is 2. The van der Waals surface area contributed by atoms with Crippen LogP contribution in [0.5, 0.6) is 0 Å². The summed E-state index contributed by atoms with van der Waals surface area (Å²) in [7, 11) is 0. The highest BCUT2D eigenvalue weighted by Crippen LogP contribution is 2.32. The van der Waals surface area contributed by atoms with Gasteiger partial charge < -0.3 is 15.8 Å². The molecule has 0 aliphatic carbocycles. The molecule has 0 atom stereocenters. The fourth-order valence-corrected chi connectivity index (χ4v) is 2.38. The van der Waals surface area contributed by atoms with E-state index in [-0.39, 0.29) is 12.5 Å². The molecule has 0 aromatic heterocycles. The molecule has 0 bridgehead atoms. The third-order valence-electron chi connectivity index (χ3n) is 3.30. The molecule has 1 aliphatic heterocycles. The molecule has 1 aromatic rings. The minimum absolute atomic E-state index is 0.120. The second kappa shape index (κ2) is 4.88. The van der Waals surface area contributed by atoms with Crippen LogP contribution in [0.3, 0.4) is 0 Å². The number of hydrogen-bond acceptors (Lipinski definition) is 3. The van der Waals surface area contributed by atoms with E-state index in [0.717, 1.165) is 11.1 Å². The number of carbonyl (C=O) groups excluding carboxylic acids is 1. The van der Waals surface area contributed by atoms with E-state index in [1.165, 1.54) is 0 Å². The molecule has 0 spiro atoms. The minimum atomic E-state index is -0.597. The number of nitrogens with two attached hydrogens (primary N) is 1. The summed E-state index contributed by atoms with van der Waals surface area (Å²) >= 11 is 6.16. The van der Waals surface area contributed by atoms with Gasteiger partial charge in [0.05, 0.1) is 23.9 Å². The van der Waals surface area contributed by atoms with E-state index >= 15 is 0 Å². The van der Waals surface area contributed by atoms with Crippen LogP contribution in [0.1, 0.15) is 11.1 Å². The molecular formula is C13H17ClN2O2. The van der Waals surface area contributed by atoms with Crippen molar-refractivity contribution < 1.29 is 9.53 Å². The quantitative estimate of drug-likeness (QED) is 0.880. The lowest BCUT2D eigenvalue weighted by Gasteiger charge is -2.38. The summed E-state index contributed by atoms with van der Waals surface area (Å²) < 4.78 is 5.09. The standard InChI is InChI=1S/C13H17ClN2O2/c1-8-3-9(2)11(10(14)4-8)16-12(17)13(5-15)6-18-7-13/h3-4H,5-7,15H2,1-2H3,(H,16,17). The van der Waals surface area contributed by atoms with Crippen molar-refractivity contribution in [2.24, 2.45) is 11.1 Å². The van der Waals surface area contributed by atoms with E-state index in [0.29, 0.717) is 23.9 Å². The normalized spacial score (nSPS) is 17.1. The monoisotopic (exact) mass is 268 g/mol. The highest BCUT2D eigenvalue weighted by molar-refractivity contribution is 6.34. The maximum atomic E-state index is 12.2. The van der Waals surface area contributed by atoms with Crippen LogP contribution in [0.4, 0.5) is 5.69 Å². The van der Waals surface area contributed by atoms with Crippen LogP contribution in [0, 0.1) is 19.3 Å². The Bertz CT molecular complexity index is 455. The van der Waals surface area contributed by atoms with Gasteiger partial charge in [0.2, 0.25) is 5.91 Å². The molecule has 1 aromatic carbocycles. The molecule has 1 saturated heterocycles. The van der Waals surface area contributed by atoms with E-state index in [1.54, 1.807) is 0 Å². The number of rotatable bonds is 3. The zero-order valence-corrected chi connectivity index (χ0v) is 11.3. The topological polar surface area (TPSA) is 64.4 Å². The van der Waals surface area contributed by atoms with Crippen LogP contribution < -0.4 is 11.1 Å². The molecule has 98 valence electrons. The number of ether oxygens (including phenoxy) is 1. The number of benzene rings is 1. The van der Waals surface area contributed by atoms with Crippen molar-refractivity contribution in [2.45, 2.75) is 13.8 Å².